The van der Waals surface area contributed by atoms with Crippen molar-refractivity contribution in [2.75, 3.05) is 0 Å². The van der Waals surface area contributed by atoms with Crippen molar-refractivity contribution in [1.29, 1.82) is 0 Å². The SMILES string of the molecule is CCc1cc(O)cc(C)c1I. The van der Waals surface area contributed by atoms with Crippen molar-refractivity contribution in [1.82, 2.24) is 0 Å². The molecule has 1 rings (SSSR count). The van der Waals surface area contributed by atoms with Gasteiger partial charge in [0.1, 0.15) is 5.75 Å². The summed E-state index contributed by atoms with van der Waals surface area (Å²) >= 11 is 2.31. The molecule has 0 saturated carbocycles. The average Bonchev–Trinajstić information content (AvgIpc) is 1.96. The Balaban J connectivity index is 3.24. The Bertz CT molecular complexity index is 269. The van der Waals surface area contributed by atoms with Crippen LogP contribution in [0.15, 0.2) is 12.1 Å². The summed E-state index contributed by atoms with van der Waals surface area (Å²) in [4.78, 5) is 0. The molecule has 0 aliphatic rings. The molecule has 11 heavy (non-hydrogen) atoms. The maximum Gasteiger partial charge on any atom is 0.116 e. The van der Waals surface area contributed by atoms with E-state index in [0.29, 0.717) is 5.75 Å². The maximum atomic E-state index is 9.25. The first-order valence-corrected chi connectivity index (χ1v) is 4.71. The van der Waals surface area contributed by atoms with E-state index in [1.165, 1.54) is 9.13 Å². The van der Waals surface area contributed by atoms with E-state index in [0.717, 1.165) is 12.0 Å². The van der Waals surface area contributed by atoms with Gasteiger partial charge in [0.05, 0.1) is 0 Å². The molecule has 0 aliphatic carbocycles. The molecule has 1 aromatic rings. The van der Waals surface area contributed by atoms with E-state index in [-0.39, 0.29) is 0 Å². The summed E-state index contributed by atoms with van der Waals surface area (Å²) < 4.78 is 1.27. The van der Waals surface area contributed by atoms with Crippen LogP contribution in [0.3, 0.4) is 0 Å². The molecule has 1 N–H and O–H groups in total. The van der Waals surface area contributed by atoms with E-state index in [4.69, 9.17) is 0 Å². The Labute approximate surface area is 80.6 Å². The molecular weight excluding hydrogens is 251 g/mol. The van der Waals surface area contributed by atoms with Crippen molar-refractivity contribution in [3.05, 3.63) is 26.8 Å². The van der Waals surface area contributed by atoms with Crippen LogP contribution in [0.2, 0.25) is 0 Å². The number of phenols is 1. The van der Waals surface area contributed by atoms with E-state index < -0.39 is 0 Å². The zero-order chi connectivity index (χ0) is 8.43. The summed E-state index contributed by atoms with van der Waals surface area (Å²) in [6.07, 6.45) is 0.980. The Morgan fingerprint density at radius 1 is 1.45 bits per heavy atom. The Morgan fingerprint density at radius 2 is 2.09 bits per heavy atom. The van der Waals surface area contributed by atoms with E-state index in [1.807, 2.05) is 13.0 Å². The number of halogens is 1. The zero-order valence-electron chi connectivity index (χ0n) is 6.69. The van der Waals surface area contributed by atoms with Crippen LogP contribution in [-0.4, -0.2) is 5.11 Å². The quantitative estimate of drug-likeness (QED) is 0.771. The molecule has 0 heterocycles. The second kappa shape index (κ2) is 3.43. The van der Waals surface area contributed by atoms with Crippen molar-refractivity contribution in [2.45, 2.75) is 20.3 Å². The highest BCUT2D eigenvalue weighted by molar-refractivity contribution is 14.1. The Morgan fingerprint density at radius 3 is 2.64 bits per heavy atom. The van der Waals surface area contributed by atoms with Crippen molar-refractivity contribution in [2.24, 2.45) is 0 Å². The largest absolute Gasteiger partial charge is 0.508 e. The van der Waals surface area contributed by atoms with Crippen LogP contribution in [0.4, 0.5) is 0 Å². The van der Waals surface area contributed by atoms with Gasteiger partial charge in [0.2, 0.25) is 0 Å². The fraction of sp³-hybridized carbons (Fsp3) is 0.333. The summed E-state index contributed by atoms with van der Waals surface area (Å²) in [5, 5.41) is 9.25. The zero-order valence-corrected chi connectivity index (χ0v) is 8.84. The van der Waals surface area contributed by atoms with Crippen molar-refractivity contribution in [3.63, 3.8) is 0 Å². The standard InChI is InChI=1S/C9H11IO/c1-3-7-5-8(11)4-6(2)9(7)10/h4-5,11H,3H2,1-2H3. The van der Waals surface area contributed by atoms with Gasteiger partial charge >= 0.3 is 0 Å². The van der Waals surface area contributed by atoms with E-state index in [9.17, 15) is 5.11 Å². The summed E-state index contributed by atoms with van der Waals surface area (Å²) in [5.41, 5.74) is 2.38. The number of phenolic OH excluding ortho intramolecular Hbond substituents is 1. The molecule has 0 fully saturated rings. The normalized spacial score (nSPS) is 10.1. The lowest BCUT2D eigenvalue weighted by Crippen LogP contribution is -1.89. The van der Waals surface area contributed by atoms with Crippen LogP contribution in [0.5, 0.6) is 5.75 Å². The van der Waals surface area contributed by atoms with Crippen molar-refractivity contribution in [3.8, 4) is 5.75 Å². The van der Waals surface area contributed by atoms with Gasteiger partial charge in [-0.3, -0.25) is 0 Å². The molecule has 0 unspecified atom stereocenters. The molecule has 0 aliphatic heterocycles. The van der Waals surface area contributed by atoms with Gasteiger partial charge < -0.3 is 5.11 Å². The lowest BCUT2D eigenvalue weighted by atomic mass is 10.1. The smallest absolute Gasteiger partial charge is 0.116 e. The molecule has 0 atom stereocenters. The molecular formula is C9H11IO. The monoisotopic (exact) mass is 262 g/mol. The van der Waals surface area contributed by atoms with Crippen LogP contribution in [0, 0.1) is 10.5 Å². The van der Waals surface area contributed by atoms with Crippen molar-refractivity contribution < 1.29 is 5.11 Å². The molecule has 0 spiro atoms. The molecule has 0 saturated heterocycles. The molecule has 0 radical (unpaired) electrons. The molecule has 0 amide bonds. The Kier molecular flexibility index (Phi) is 2.76. The van der Waals surface area contributed by atoms with Crippen LogP contribution < -0.4 is 0 Å². The molecule has 60 valence electrons. The lowest BCUT2D eigenvalue weighted by Gasteiger charge is -2.05. The van der Waals surface area contributed by atoms with Gasteiger partial charge in [0, 0.05) is 3.57 Å². The van der Waals surface area contributed by atoms with Crippen LogP contribution >= 0.6 is 22.6 Å². The van der Waals surface area contributed by atoms with Gasteiger partial charge in [0.15, 0.2) is 0 Å². The highest BCUT2D eigenvalue weighted by Crippen LogP contribution is 2.22. The molecule has 0 aromatic heterocycles. The van der Waals surface area contributed by atoms with E-state index in [2.05, 4.69) is 29.5 Å². The highest BCUT2D eigenvalue weighted by atomic mass is 127. The third-order valence-corrected chi connectivity index (χ3v) is 3.24. The number of aryl methyl sites for hydroxylation is 2. The van der Waals surface area contributed by atoms with Crippen LogP contribution in [0.1, 0.15) is 18.1 Å². The van der Waals surface area contributed by atoms with E-state index in [1.54, 1.807) is 6.07 Å². The fourth-order valence-electron chi connectivity index (χ4n) is 1.08. The van der Waals surface area contributed by atoms with Crippen LogP contribution in [0.25, 0.3) is 0 Å². The van der Waals surface area contributed by atoms with Gasteiger partial charge in [-0.25, -0.2) is 0 Å². The second-order valence-corrected chi connectivity index (χ2v) is 3.67. The minimum absolute atomic E-state index is 0.375. The predicted molar refractivity (Wildman–Crippen MR) is 54.9 cm³/mol. The fourth-order valence-corrected chi connectivity index (χ4v) is 1.77. The first kappa shape index (κ1) is 8.84. The molecule has 1 aromatic carbocycles. The Hall–Kier alpha value is -0.250. The minimum Gasteiger partial charge on any atom is -0.508 e. The summed E-state index contributed by atoms with van der Waals surface area (Å²) in [6, 6.07) is 3.62. The van der Waals surface area contributed by atoms with E-state index >= 15 is 0 Å². The lowest BCUT2D eigenvalue weighted by molar-refractivity contribution is 0.474. The second-order valence-electron chi connectivity index (χ2n) is 2.59. The number of aromatic hydroxyl groups is 1. The summed E-state index contributed by atoms with van der Waals surface area (Å²) in [6.45, 7) is 4.11. The molecule has 0 bridgehead atoms. The molecule has 1 nitrogen and oxygen atoms in total. The number of hydrogen-bond acceptors (Lipinski definition) is 1. The third kappa shape index (κ3) is 1.86. The number of benzene rings is 1. The topological polar surface area (TPSA) is 20.2 Å². The van der Waals surface area contributed by atoms with Gasteiger partial charge in [-0.2, -0.15) is 0 Å². The third-order valence-electron chi connectivity index (χ3n) is 1.70. The van der Waals surface area contributed by atoms with Gasteiger partial charge in [-0.05, 0) is 59.2 Å². The average molecular weight is 262 g/mol. The number of hydrogen-bond donors (Lipinski definition) is 1. The summed E-state index contributed by atoms with van der Waals surface area (Å²) in [5.74, 6) is 0.375. The van der Waals surface area contributed by atoms with Gasteiger partial charge in [-0.15, -0.1) is 0 Å². The van der Waals surface area contributed by atoms with Crippen LogP contribution in [-0.2, 0) is 6.42 Å². The maximum absolute atomic E-state index is 9.25. The first-order valence-electron chi connectivity index (χ1n) is 3.63. The predicted octanol–water partition coefficient (Wildman–Crippen LogP) is 2.87. The van der Waals surface area contributed by atoms with Gasteiger partial charge in [0.25, 0.3) is 0 Å². The molecule has 2 heteroatoms. The first-order chi connectivity index (χ1) is 5.15. The highest BCUT2D eigenvalue weighted by Gasteiger charge is 2.02. The number of rotatable bonds is 1. The van der Waals surface area contributed by atoms with Gasteiger partial charge in [-0.1, -0.05) is 6.92 Å². The summed E-state index contributed by atoms with van der Waals surface area (Å²) in [7, 11) is 0. The van der Waals surface area contributed by atoms with Crippen molar-refractivity contribution >= 4 is 22.6 Å². The minimum atomic E-state index is 0.375.